The zero-order valence-electron chi connectivity index (χ0n) is 13.3. The molecule has 0 amide bonds. The van der Waals surface area contributed by atoms with E-state index in [0.29, 0.717) is 27.9 Å². The van der Waals surface area contributed by atoms with Crippen LogP contribution in [-0.4, -0.2) is 26.6 Å². The number of methoxy groups -OCH3 is 1. The fraction of sp³-hybridized carbons (Fsp3) is 0.0526. The normalized spacial score (nSPS) is 11.0. The molecule has 0 aliphatic rings. The molecule has 4 aromatic rings. The van der Waals surface area contributed by atoms with Gasteiger partial charge in [0, 0.05) is 18.6 Å². The molecule has 0 radical (unpaired) electrons. The molecule has 0 atom stereocenters. The average Bonchev–Trinajstić information content (AvgIpc) is 3.01. The number of halogens is 1. The number of aromatic hydroxyl groups is 1. The lowest BCUT2D eigenvalue weighted by atomic mass is 10.1. The molecule has 0 saturated heterocycles. The van der Waals surface area contributed by atoms with Gasteiger partial charge in [-0.25, -0.2) is 4.98 Å². The molecule has 0 spiro atoms. The van der Waals surface area contributed by atoms with Crippen molar-refractivity contribution in [2.75, 3.05) is 7.11 Å². The topological polar surface area (TPSA) is 59.7 Å². The van der Waals surface area contributed by atoms with E-state index in [1.54, 1.807) is 43.8 Å². The van der Waals surface area contributed by atoms with E-state index >= 15 is 0 Å². The third-order valence-corrected chi connectivity index (χ3v) is 4.33. The van der Waals surface area contributed by atoms with Crippen LogP contribution in [0.25, 0.3) is 28.2 Å². The molecular weight excluding hydrogens is 338 g/mol. The second-order valence-corrected chi connectivity index (χ2v) is 5.86. The first-order chi connectivity index (χ1) is 12.2. The summed E-state index contributed by atoms with van der Waals surface area (Å²) in [5.41, 5.74) is 2.83. The molecule has 0 saturated carbocycles. The third-order valence-electron chi connectivity index (χ3n) is 4.02. The van der Waals surface area contributed by atoms with Crippen molar-refractivity contribution < 1.29 is 9.84 Å². The Morgan fingerprint density at radius 2 is 2.00 bits per heavy atom. The van der Waals surface area contributed by atoms with Crippen LogP contribution in [0.1, 0.15) is 0 Å². The minimum absolute atomic E-state index is 0.0768. The number of nitrogens with zero attached hydrogens (tertiary/aromatic N) is 3. The van der Waals surface area contributed by atoms with Gasteiger partial charge in [-0.05, 0) is 30.3 Å². The predicted molar refractivity (Wildman–Crippen MR) is 97.1 cm³/mol. The minimum Gasteiger partial charge on any atom is -0.507 e. The van der Waals surface area contributed by atoms with E-state index in [1.165, 1.54) is 0 Å². The Labute approximate surface area is 149 Å². The Morgan fingerprint density at radius 1 is 1.12 bits per heavy atom. The molecule has 3 heterocycles. The summed E-state index contributed by atoms with van der Waals surface area (Å²) in [6.07, 6.45) is 5.26. The number of fused-ring (bicyclic) bond motifs is 1. The summed E-state index contributed by atoms with van der Waals surface area (Å²) in [6.45, 7) is 0. The molecule has 6 heteroatoms. The van der Waals surface area contributed by atoms with Crippen molar-refractivity contribution in [2.24, 2.45) is 0 Å². The summed E-state index contributed by atoms with van der Waals surface area (Å²) in [5, 5.41) is 10.7. The molecule has 0 aliphatic heterocycles. The highest BCUT2D eigenvalue weighted by atomic mass is 35.5. The van der Waals surface area contributed by atoms with Crippen molar-refractivity contribution in [3.63, 3.8) is 0 Å². The van der Waals surface area contributed by atoms with Crippen molar-refractivity contribution in [3.8, 4) is 34.1 Å². The van der Waals surface area contributed by atoms with Gasteiger partial charge in [0.15, 0.2) is 5.82 Å². The van der Waals surface area contributed by atoms with E-state index in [0.717, 1.165) is 11.1 Å². The molecule has 1 aromatic carbocycles. The number of imidazole rings is 1. The van der Waals surface area contributed by atoms with Crippen LogP contribution < -0.4 is 4.74 Å². The van der Waals surface area contributed by atoms with Gasteiger partial charge in [0.2, 0.25) is 0 Å². The van der Waals surface area contributed by atoms with Crippen molar-refractivity contribution in [1.29, 1.82) is 0 Å². The quantitative estimate of drug-likeness (QED) is 0.593. The first-order valence-electron chi connectivity index (χ1n) is 7.64. The highest BCUT2D eigenvalue weighted by Gasteiger charge is 2.20. The van der Waals surface area contributed by atoms with Gasteiger partial charge in [0.05, 0.1) is 28.8 Å². The van der Waals surface area contributed by atoms with Gasteiger partial charge in [0.1, 0.15) is 17.2 Å². The lowest BCUT2D eigenvalue weighted by Crippen LogP contribution is -1.90. The zero-order valence-corrected chi connectivity index (χ0v) is 14.1. The Kier molecular flexibility index (Phi) is 3.78. The second kappa shape index (κ2) is 6.11. The van der Waals surface area contributed by atoms with E-state index in [4.69, 9.17) is 21.3 Å². The van der Waals surface area contributed by atoms with Crippen LogP contribution >= 0.6 is 11.6 Å². The zero-order chi connectivity index (χ0) is 17.4. The first kappa shape index (κ1) is 15.5. The number of phenols is 1. The first-order valence-corrected chi connectivity index (χ1v) is 8.02. The van der Waals surface area contributed by atoms with Crippen LogP contribution in [0.2, 0.25) is 5.02 Å². The maximum atomic E-state index is 10.3. The highest BCUT2D eigenvalue weighted by Crippen LogP contribution is 2.39. The van der Waals surface area contributed by atoms with E-state index in [-0.39, 0.29) is 5.75 Å². The minimum atomic E-state index is 0.0768. The Balaban J connectivity index is 2.06. The van der Waals surface area contributed by atoms with Crippen LogP contribution in [0.5, 0.6) is 11.5 Å². The van der Waals surface area contributed by atoms with Gasteiger partial charge in [-0.3, -0.25) is 9.38 Å². The van der Waals surface area contributed by atoms with Crippen molar-refractivity contribution in [1.82, 2.24) is 14.4 Å². The van der Waals surface area contributed by atoms with E-state index < -0.39 is 0 Å². The van der Waals surface area contributed by atoms with Gasteiger partial charge in [-0.2, -0.15) is 0 Å². The number of ether oxygens (including phenoxy) is 1. The van der Waals surface area contributed by atoms with Crippen LogP contribution in [0.3, 0.4) is 0 Å². The Hall–Kier alpha value is -3.05. The number of pyridine rings is 2. The summed E-state index contributed by atoms with van der Waals surface area (Å²) in [4.78, 5) is 8.95. The Morgan fingerprint density at radius 3 is 2.80 bits per heavy atom. The molecule has 0 fully saturated rings. The molecule has 0 unspecified atom stereocenters. The lowest BCUT2D eigenvalue weighted by Gasteiger charge is -2.05. The SMILES string of the molecule is COc1ccncc1-c1nc(-c2c(O)cccc2Cl)n2ccccc12. The fourth-order valence-electron chi connectivity index (χ4n) is 2.88. The third kappa shape index (κ3) is 2.49. The van der Waals surface area contributed by atoms with Crippen LogP contribution in [0, 0.1) is 0 Å². The number of hydrogen-bond donors (Lipinski definition) is 1. The number of phenolic OH excluding ortho intramolecular Hbond substituents is 1. The summed E-state index contributed by atoms with van der Waals surface area (Å²) in [7, 11) is 1.61. The average molecular weight is 352 g/mol. The van der Waals surface area contributed by atoms with Crippen molar-refractivity contribution in [2.45, 2.75) is 0 Å². The molecule has 4 rings (SSSR count). The van der Waals surface area contributed by atoms with Gasteiger partial charge >= 0.3 is 0 Å². The summed E-state index contributed by atoms with van der Waals surface area (Å²) >= 11 is 6.33. The number of aromatic nitrogens is 3. The standard InChI is InChI=1S/C19H14ClN3O2/c1-25-16-8-9-21-11-12(16)18-14-6-2-3-10-23(14)19(22-18)17-13(20)5-4-7-15(17)24/h2-11,24H,1H3. The molecular formula is C19H14ClN3O2. The maximum Gasteiger partial charge on any atom is 0.150 e. The smallest absolute Gasteiger partial charge is 0.150 e. The number of rotatable bonds is 3. The summed E-state index contributed by atoms with van der Waals surface area (Å²) in [6, 6.07) is 12.6. The second-order valence-electron chi connectivity index (χ2n) is 5.45. The molecule has 1 N–H and O–H groups in total. The summed E-state index contributed by atoms with van der Waals surface area (Å²) < 4.78 is 7.34. The van der Waals surface area contributed by atoms with Crippen LogP contribution in [-0.2, 0) is 0 Å². The van der Waals surface area contributed by atoms with Crippen molar-refractivity contribution >= 4 is 17.1 Å². The summed E-state index contributed by atoms with van der Waals surface area (Å²) in [5.74, 6) is 1.31. The molecule has 0 aliphatic carbocycles. The molecule has 0 bridgehead atoms. The van der Waals surface area contributed by atoms with Gasteiger partial charge in [-0.1, -0.05) is 23.7 Å². The van der Waals surface area contributed by atoms with Gasteiger partial charge in [0.25, 0.3) is 0 Å². The van der Waals surface area contributed by atoms with Gasteiger partial charge in [-0.15, -0.1) is 0 Å². The van der Waals surface area contributed by atoms with Gasteiger partial charge < -0.3 is 9.84 Å². The predicted octanol–water partition coefficient (Wildman–Crippen LogP) is 4.43. The van der Waals surface area contributed by atoms with Crippen molar-refractivity contribution in [3.05, 3.63) is 66.1 Å². The highest BCUT2D eigenvalue weighted by molar-refractivity contribution is 6.33. The molecule has 5 nitrogen and oxygen atoms in total. The largest absolute Gasteiger partial charge is 0.507 e. The lowest BCUT2D eigenvalue weighted by molar-refractivity contribution is 0.416. The monoisotopic (exact) mass is 351 g/mol. The van der Waals surface area contributed by atoms with E-state index in [9.17, 15) is 5.11 Å². The van der Waals surface area contributed by atoms with E-state index in [1.807, 2.05) is 28.8 Å². The van der Waals surface area contributed by atoms with Crippen LogP contribution in [0.15, 0.2) is 61.1 Å². The molecule has 3 aromatic heterocycles. The fourth-order valence-corrected chi connectivity index (χ4v) is 3.14. The number of benzene rings is 1. The van der Waals surface area contributed by atoms with E-state index in [2.05, 4.69) is 4.98 Å². The molecule has 124 valence electrons. The molecule has 25 heavy (non-hydrogen) atoms. The van der Waals surface area contributed by atoms with Crippen LogP contribution in [0.4, 0.5) is 0 Å². The number of hydrogen-bond acceptors (Lipinski definition) is 4. The Bertz CT molecular complexity index is 1060. The maximum absolute atomic E-state index is 10.3.